The molecule has 0 aliphatic carbocycles. The van der Waals surface area contributed by atoms with Crippen molar-refractivity contribution in [1.82, 2.24) is 0 Å². The lowest BCUT2D eigenvalue weighted by atomic mass is 10.1. The Bertz CT molecular complexity index is 436. The van der Waals surface area contributed by atoms with Crippen molar-refractivity contribution in [3.05, 3.63) is 71.8 Å². The second kappa shape index (κ2) is 7.39. The molecule has 0 heterocycles. The first-order chi connectivity index (χ1) is 8.18. The largest absolute Gasteiger partial charge is 0.295 e. The topological polar surface area (TPSA) is 17.1 Å². The molecule has 0 radical (unpaired) electrons. The van der Waals surface area contributed by atoms with Gasteiger partial charge in [-0.25, -0.2) is 0 Å². The van der Waals surface area contributed by atoms with Gasteiger partial charge in [-0.15, -0.1) is 0 Å². The third kappa shape index (κ3) is 6.31. The van der Waals surface area contributed by atoms with E-state index < -0.39 is 0 Å². The highest BCUT2D eigenvalue weighted by Crippen LogP contribution is 2.06. The first-order valence-corrected chi connectivity index (χ1v) is 5.73. The molecule has 1 aromatic rings. The first-order valence-electron chi connectivity index (χ1n) is 5.73. The molecule has 1 heteroatoms. The van der Waals surface area contributed by atoms with E-state index in [9.17, 15) is 4.79 Å². The first kappa shape index (κ1) is 13.2. The highest BCUT2D eigenvalue weighted by molar-refractivity contribution is 5.87. The minimum atomic E-state index is 0.0691. The molecule has 0 saturated carbocycles. The smallest absolute Gasteiger partial charge is 0.152 e. The molecule has 0 unspecified atom stereocenters. The van der Waals surface area contributed by atoms with Crippen LogP contribution in [0, 0.1) is 0 Å². The van der Waals surface area contributed by atoms with Gasteiger partial charge in [0.2, 0.25) is 0 Å². The molecule has 0 saturated heterocycles. The van der Waals surface area contributed by atoms with Gasteiger partial charge in [0, 0.05) is 0 Å². The summed E-state index contributed by atoms with van der Waals surface area (Å²) in [5.41, 5.74) is 2.61. The van der Waals surface area contributed by atoms with Gasteiger partial charge >= 0.3 is 0 Å². The third-order valence-electron chi connectivity index (χ3n) is 2.26. The fourth-order valence-electron chi connectivity index (χ4n) is 1.45. The highest BCUT2D eigenvalue weighted by atomic mass is 16.1. The monoisotopic (exact) mass is 226 g/mol. The van der Waals surface area contributed by atoms with E-state index in [1.54, 1.807) is 19.1 Å². The summed E-state index contributed by atoms with van der Waals surface area (Å²) >= 11 is 0. The van der Waals surface area contributed by atoms with Crippen LogP contribution in [-0.2, 0) is 11.2 Å². The molecule has 1 aromatic carbocycles. The van der Waals surface area contributed by atoms with Crippen LogP contribution in [0.2, 0.25) is 0 Å². The number of ketones is 1. The Hall–Kier alpha value is -1.89. The van der Waals surface area contributed by atoms with E-state index in [4.69, 9.17) is 0 Å². The van der Waals surface area contributed by atoms with E-state index in [0.29, 0.717) is 0 Å². The van der Waals surface area contributed by atoms with E-state index >= 15 is 0 Å². The Balaban J connectivity index is 2.48. The molecule has 0 fully saturated rings. The Morgan fingerprint density at radius 2 is 1.76 bits per heavy atom. The number of benzene rings is 1. The van der Waals surface area contributed by atoms with Crippen LogP contribution in [0.3, 0.4) is 0 Å². The van der Waals surface area contributed by atoms with E-state index in [-0.39, 0.29) is 5.78 Å². The lowest BCUT2D eigenvalue weighted by Crippen LogP contribution is -1.84. The Labute approximate surface area is 103 Å². The zero-order chi connectivity index (χ0) is 12.5. The van der Waals surface area contributed by atoms with Crippen molar-refractivity contribution in [2.75, 3.05) is 0 Å². The lowest BCUT2D eigenvalue weighted by molar-refractivity contribution is -0.112. The van der Waals surface area contributed by atoms with Gasteiger partial charge in [-0.3, -0.25) is 4.79 Å². The van der Waals surface area contributed by atoms with E-state index in [1.807, 2.05) is 30.4 Å². The molecule has 0 amide bonds. The molecular weight excluding hydrogens is 208 g/mol. The second-order valence-corrected chi connectivity index (χ2v) is 4.03. The molecule has 0 N–H and O–H groups in total. The molecule has 0 bridgehead atoms. The van der Waals surface area contributed by atoms with Crippen molar-refractivity contribution in [2.24, 2.45) is 0 Å². The Morgan fingerprint density at radius 1 is 1.06 bits per heavy atom. The quantitative estimate of drug-likeness (QED) is 0.550. The molecular formula is C16H18O. The van der Waals surface area contributed by atoms with Crippen molar-refractivity contribution in [1.29, 1.82) is 0 Å². The summed E-state index contributed by atoms with van der Waals surface area (Å²) in [5.74, 6) is 0.0691. The normalized spacial score (nSPS) is 12.5. The molecule has 0 aromatic heterocycles. The van der Waals surface area contributed by atoms with Crippen LogP contribution >= 0.6 is 0 Å². The maximum Gasteiger partial charge on any atom is 0.152 e. The van der Waals surface area contributed by atoms with E-state index in [0.717, 1.165) is 6.42 Å². The van der Waals surface area contributed by atoms with Crippen molar-refractivity contribution >= 4 is 5.78 Å². The Morgan fingerprint density at radius 3 is 2.41 bits per heavy atom. The van der Waals surface area contributed by atoms with Crippen LogP contribution in [0.15, 0.2) is 66.3 Å². The van der Waals surface area contributed by atoms with Crippen LogP contribution in [0.4, 0.5) is 0 Å². The Kier molecular flexibility index (Phi) is 5.73. The van der Waals surface area contributed by atoms with Crippen LogP contribution in [0.5, 0.6) is 0 Å². The number of hydrogen-bond donors (Lipinski definition) is 0. The molecule has 17 heavy (non-hydrogen) atoms. The summed E-state index contributed by atoms with van der Waals surface area (Å²) in [4.78, 5) is 10.6. The zero-order valence-corrected chi connectivity index (χ0v) is 10.4. The molecule has 0 aliphatic rings. The fourth-order valence-corrected chi connectivity index (χ4v) is 1.45. The summed E-state index contributed by atoms with van der Waals surface area (Å²) in [6.07, 6.45) is 10.2. The predicted molar refractivity (Wildman–Crippen MR) is 72.9 cm³/mol. The summed E-state index contributed by atoms with van der Waals surface area (Å²) in [7, 11) is 0. The summed E-state index contributed by atoms with van der Waals surface area (Å²) in [5, 5.41) is 0. The summed E-state index contributed by atoms with van der Waals surface area (Å²) in [6.45, 7) is 3.65. The van der Waals surface area contributed by atoms with Gasteiger partial charge in [-0.1, -0.05) is 60.2 Å². The van der Waals surface area contributed by atoms with Gasteiger partial charge in [-0.05, 0) is 31.9 Å². The average Bonchev–Trinajstić information content (AvgIpc) is 2.29. The zero-order valence-electron chi connectivity index (χ0n) is 10.4. The molecule has 0 spiro atoms. The standard InChI is InChI=1S/C16H18O/c1-14(9-5-3-6-10-15(2)17)13-16-11-7-4-8-12-16/h3-12H,13H2,1-2H3/b5-3+,10-6+,14-9-. The van der Waals surface area contributed by atoms with Crippen LogP contribution in [0.1, 0.15) is 19.4 Å². The highest BCUT2D eigenvalue weighted by Gasteiger charge is 1.91. The number of allylic oxidation sites excluding steroid dienone is 6. The van der Waals surface area contributed by atoms with Gasteiger partial charge in [0.1, 0.15) is 0 Å². The molecule has 0 atom stereocenters. The van der Waals surface area contributed by atoms with Crippen molar-refractivity contribution in [3.8, 4) is 0 Å². The van der Waals surface area contributed by atoms with Gasteiger partial charge < -0.3 is 0 Å². The van der Waals surface area contributed by atoms with Gasteiger partial charge in [0.05, 0.1) is 0 Å². The second-order valence-electron chi connectivity index (χ2n) is 4.03. The van der Waals surface area contributed by atoms with Crippen LogP contribution in [-0.4, -0.2) is 5.78 Å². The fraction of sp³-hybridized carbons (Fsp3) is 0.188. The number of rotatable bonds is 5. The lowest BCUT2D eigenvalue weighted by Gasteiger charge is -1.99. The molecule has 1 nitrogen and oxygen atoms in total. The van der Waals surface area contributed by atoms with Crippen molar-refractivity contribution in [3.63, 3.8) is 0 Å². The van der Waals surface area contributed by atoms with Gasteiger partial charge in [0.15, 0.2) is 5.78 Å². The van der Waals surface area contributed by atoms with E-state index in [2.05, 4.69) is 25.1 Å². The number of carbonyl (C=O) groups excluding carboxylic acids is 1. The van der Waals surface area contributed by atoms with E-state index in [1.165, 1.54) is 11.1 Å². The summed E-state index contributed by atoms with van der Waals surface area (Å²) < 4.78 is 0. The molecule has 1 rings (SSSR count). The van der Waals surface area contributed by atoms with Crippen LogP contribution in [0.25, 0.3) is 0 Å². The average molecular weight is 226 g/mol. The van der Waals surface area contributed by atoms with Crippen molar-refractivity contribution < 1.29 is 4.79 Å². The number of hydrogen-bond acceptors (Lipinski definition) is 1. The van der Waals surface area contributed by atoms with Gasteiger partial charge in [-0.2, -0.15) is 0 Å². The van der Waals surface area contributed by atoms with Crippen molar-refractivity contribution in [2.45, 2.75) is 20.3 Å². The minimum absolute atomic E-state index is 0.0691. The SMILES string of the molecule is CC(=O)/C=C/C=C/C=C(/C)Cc1ccccc1. The maximum absolute atomic E-state index is 10.6. The third-order valence-corrected chi connectivity index (χ3v) is 2.26. The maximum atomic E-state index is 10.6. The molecule has 0 aliphatic heterocycles. The number of carbonyl (C=O) groups is 1. The predicted octanol–water partition coefficient (Wildman–Crippen LogP) is 3.88. The minimum Gasteiger partial charge on any atom is -0.295 e. The van der Waals surface area contributed by atoms with Crippen LogP contribution < -0.4 is 0 Å². The molecule has 88 valence electrons. The summed E-state index contributed by atoms with van der Waals surface area (Å²) in [6, 6.07) is 10.4. The van der Waals surface area contributed by atoms with Gasteiger partial charge in [0.25, 0.3) is 0 Å².